The van der Waals surface area contributed by atoms with Gasteiger partial charge >= 0.3 is 6.18 Å². The molecule has 7 nitrogen and oxygen atoms in total. The summed E-state index contributed by atoms with van der Waals surface area (Å²) in [6.45, 7) is 7.01. The standard InChI is InChI=1S/C19H25F3N6O.HI/c1-3-23-18(24-10-17-25-13(2)27-29-17)26-16-8-9-28(12-16)11-14-4-6-15(7-5-14)19(20,21)22;/h4-7,16H,3,8-12H2,1-2H3,(H2,23,24,26);1H. The summed E-state index contributed by atoms with van der Waals surface area (Å²) in [4.78, 5) is 10.8. The van der Waals surface area contributed by atoms with Crippen LogP contribution in [-0.2, 0) is 19.3 Å². The topological polar surface area (TPSA) is 78.6 Å². The number of alkyl halides is 3. The minimum absolute atomic E-state index is 0. The zero-order valence-electron chi connectivity index (χ0n) is 16.9. The molecule has 1 fully saturated rings. The second-order valence-corrected chi connectivity index (χ2v) is 6.99. The van der Waals surface area contributed by atoms with Crippen molar-refractivity contribution in [2.45, 2.75) is 45.6 Å². The van der Waals surface area contributed by atoms with Gasteiger partial charge in [-0.25, -0.2) is 4.99 Å². The van der Waals surface area contributed by atoms with Gasteiger partial charge in [-0.15, -0.1) is 24.0 Å². The quantitative estimate of drug-likeness (QED) is 0.334. The van der Waals surface area contributed by atoms with E-state index < -0.39 is 11.7 Å². The lowest BCUT2D eigenvalue weighted by Crippen LogP contribution is -2.44. The average Bonchev–Trinajstić information content (AvgIpc) is 3.28. The first-order chi connectivity index (χ1) is 13.8. The van der Waals surface area contributed by atoms with Crippen molar-refractivity contribution < 1.29 is 17.7 Å². The highest BCUT2D eigenvalue weighted by atomic mass is 127. The first-order valence-electron chi connectivity index (χ1n) is 9.56. The summed E-state index contributed by atoms with van der Waals surface area (Å²) >= 11 is 0. The van der Waals surface area contributed by atoms with Crippen LogP contribution >= 0.6 is 24.0 Å². The Bertz CT molecular complexity index is 824. The summed E-state index contributed by atoms with van der Waals surface area (Å²) in [5.74, 6) is 1.70. The Labute approximate surface area is 190 Å². The summed E-state index contributed by atoms with van der Waals surface area (Å²) in [5, 5.41) is 10.3. The Hall–Kier alpha value is -1.89. The molecule has 0 saturated carbocycles. The molecule has 2 N–H and O–H groups in total. The summed E-state index contributed by atoms with van der Waals surface area (Å²) in [7, 11) is 0. The van der Waals surface area contributed by atoms with E-state index in [1.165, 1.54) is 0 Å². The van der Waals surface area contributed by atoms with Crippen LogP contribution < -0.4 is 10.6 Å². The number of aromatic nitrogens is 2. The Morgan fingerprint density at radius 3 is 2.63 bits per heavy atom. The third kappa shape index (κ3) is 7.11. The van der Waals surface area contributed by atoms with Gasteiger partial charge in [-0.3, -0.25) is 4.90 Å². The summed E-state index contributed by atoms with van der Waals surface area (Å²) < 4.78 is 43.1. The Morgan fingerprint density at radius 2 is 2.03 bits per heavy atom. The molecule has 3 rings (SSSR count). The lowest BCUT2D eigenvalue weighted by molar-refractivity contribution is -0.137. The van der Waals surface area contributed by atoms with Crippen molar-refractivity contribution in [3.63, 3.8) is 0 Å². The molecule has 1 unspecified atom stereocenters. The minimum Gasteiger partial charge on any atom is -0.357 e. The van der Waals surface area contributed by atoms with Gasteiger partial charge in [-0.1, -0.05) is 17.3 Å². The van der Waals surface area contributed by atoms with Crippen LogP contribution in [0.2, 0.25) is 0 Å². The zero-order chi connectivity index (χ0) is 20.9. The molecule has 0 aliphatic carbocycles. The number of rotatable bonds is 6. The van der Waals surface area contributed by atoms with Crippen LogP contribution in [0.25, 0.3) is 0 Å². The highest BCUT2D eigenvalue weighted by Crippen LogP contribution is 2.29. The summed E-state index contributed by atoms with van der Waals surface area (Å²) in [6.07, 6.45) is -3.38. The predicted molar refractivity (Wildman–Crippen MR) is 118 cm³/mol. The van der Waals surface area contributed by atoms with Crippen molar-refractivity contribution in [2.24, 2.45) is 4.99 Å². The highest BCUT2D eigenvalue weighted by molar-refractivity contribution is 14.0. The van der Waals surface area contributed by atoms with Crippen LogP contribution in [0.1, 0.15) is 36.2 Å². The van der Waals surface area contributed by atoms with Gasteiger partial charge in [0.05, 0.1) is 5.56 Å². The number of halogens is 4. The van der Waals surface area contributed by atoms with Crippen molar-refractivity contribution in [3.05, 3.63) is 47.1 Å². The van der Waals surface area contributed by atoms with Gasteiger partial charge < -0.3 is 15.2 Å². The molecule has 1 aromatic carbocycles. The fraction of sp³-hybridized carbons (Fsp3) is 0.526. The smallest absolute Gasteiger partial charge is 0.357 e. The Balaban J connectivity index is 0.00000320. The van der Waals surface area contributed by atoms with Gasteiger partial charge in [0.2, 0.25) is 5.89 Å². The number of aryl methyl sites for hydroxylation is 1. The van der Waals surface area contributed by atoms with Crippen LogP contribution in [0.15, 0.2) is 33.8 Å². The molecule has 30 heavy (non-hydrogen) atoms. The van der Waals surface area contributed by atoms with E-state index in [9.17, 15) is 13.2 Å². The lowest BCUT2D eigenvalue weighted by Gasteiger charge is -2.19. The first kappa shape index (κ1) is 24.4. The number of aliphatic imine (C=N–C) groups is 1. The van der Waals surface area contributed by atoms with Crippen molar-refractivity contribution in [3.8, 4) is 0 Å². The highest BCUT2D eigenvalue weighted by Gasteiger charge is 2.30. The fourth-order valence-corrected chi connectivity index (χ4v) is 3.22. The Kier molecular flexibility index (Phi) is 8.89. The lowest BCUT2D eigenvalue weighted by atomic mass is 10.1. The maximum absolute atomic E-state index is 12.7. The molecular weight excluding hydrogens is 512 g/mol. The largest absolute Gasteiger partial charge is 0.416 e. The van der Waals surface area contributed by atoms with Crippen LogP contribution in [0.4, 0.5) is 13.2 Å². The molecule has 1 saturated heterocycles. The minimum atomic E-state index is -4.30. The summed E-state index contributed by atoms with van der Waals surface area (Å²) in [6, 6.07) is 5.56. The third-order valence-corrected chi connectivity index (χ3v) is 4.59. The second-order valence-electron chi connectivity index (χ2n) is 6.99. The number of hydrogen-bond acceptors (Lipinski definition) is 5. The predicted octanol–water partition coefficient (Wildman–Crippen LogP) is 3.34. The van der Waals surface area contributed by atoms with E-state index in [4.69, 9.17) is 4.52 Å². The number of benzene rings is 1. The van der Waals surface area contributed by atoms with Crippen LogP contribution in [0.3, 0.4) is 0 Å². The van der Waals surface area contributed by atoms with Gasteiger partial charge in [0.25, 0.3) is 0 Å². The van der Waals surface area contributed by atoms with Gasteiger partial charge in [0.15, 0.2) is 11.8 Å². The number of hydrogen-bond donors (Lipinski definition) is 2. The van der Waals surface area contributed by atoms with E-state index in [0.717, 1.165) is 43.8 Å². The second kappa shape index (κ2) is 10.9. The molecule has 0 amide bonds. The van der Waals surface area contributed by atoms with Crippen molar-refractivity contribution >= 4 is 29.9 Å². The fourth-order valence-electron chi connectivity index (χ4n) is 3.22. The molecule has 0 spiro atoms. The van der Waals surface area contributed by atoms with Gasteiger partial charge in [0, 0.05) is 32.2 Å². The van der Waals surface area contributed by atoms with E-state index in [1.807, 2.05) is 6.92 Å². The van der Waals surface area contributed by atoms with E-state index in [0.29, 0.717) is 24.2 Å². The van der Waals surface area contributed by atoms with Crippen molar-refractivity contribution in [2.75, 3.05) is 19.6 Å². The molecule has 166 valence electrons. The van der Waals surface area contributed by atoms with E-state index in [-0.39, 0.29) is 36.6 Å². The van der Waals surface area contributed by atoms with Gasteiger partial charge in [0.1, 0.15) is 6.54 Å². The normalized spacial score (nSPS) is 17.6. The SMILES string of the molecule is CCNC(=NCc1nc(C)no1)NC1CCN(Cc2ccc(C(F)(F)F)cc2)C1.I. The molecule has 1 aromatic heterocycles. The number of nitrogens with one attached hydrogen (secondary N) is 2. The average molecular weight is 538 g/mol. The molecule has 0 radical (unpaired) electrons. The van der Waals surface area contributed by atoms with E-state index in [1.54, 1.807) is 19.1 Å². The summed E-state index contributed by atoms with van der Waals surface area (Å²) in [5.41, 5.74) is 0.246. The molecule has 0 bridgehead atoms. The van der Waals surface area contributed by atoms with Gasteiger partial charge in [-0.05, 0) is 38.0 Å². The van der Waals surface area contributed by atoms with Crippen LogP contribution in [-0.4, -0.2) is 46.7 Å². The first-order valence-corrected chi connectivity index (χ1v) is 9.56. The molecular formula is C19H26F3IN6O. The molecule has 11 heteroatoms. The zero-order valence-corrected chi connectivity index (χ0v) is 19.2. The maximum atomic E-state index is 12.7. The molecule has 1 atom stereocenters. The Morgan fingerprint density at radius 1 is 1.30 bits per heavy atom. The van der Waals surface area contributed by atoms with Crippen LogP contribution in [0.5, 0.6) is 0 Å². The number of nitrogens with zero attached hydrogens (tertiary/aromatic N) is 4. The van der Waals surface area contributed by atoms with E-state index in [2.05, 4.69) is 30.7 Å². The van der Waals surface area contributed by atoms with Crippen molar-refractivity contribution in [1.82, 2.24) is 25.7 Å². The number of guanidine groups is 1. The van der Waals surface area contributed by atoms with E-state index >= 15 is 0 Å². The molecule has 2 aromatic rings. The molecule has 2 heterocycles. The maximum Gasteiger partial charge on any atom is 0.416 e. The van der Waals surface area contributed by atoms with Crippen molar-refractivity contribution in [1.29, 1.82) is 0 Å². The number of likely N-dealkylation sites (tertiary alicyclic amines) is 1. The molecule has 1 aliphatic heterocycles. The van der Waals surface area contributed by atoms with Gasteiger partial charge in [-0.2, -0.15) is 18.2 Å². The third-order valence-electron chi connectivity index (χ3n) is 4.59. The molecule has 1 aliphatic rings. The monoisotopic (exact) mass is 538 g/mol. The van der Waals surface area contributed by atoms with Crippen LogP contribution in [0, 0.1) is 6.92 Å².